The maximum absolute atomic E-state index is 15.0. The van der Waals surface area contributed by atoms with Gasteiger partial charge in [-0.15, -0.1) is 0 Å². The van der Waals surface area contributed by atoms with E-state index in [0.717, 1.165) is 10.9 Å². The molecule has 180 valence electrons. The summed E-state index contributed by atoms with van der Waals surface area (Å²) in [5.41, 5.74) is 1.80. The SMILES string of the molecule is CC(=O)c1cccnc1N1CC[PH](O)(c2cc(Cc3n[nH]c(=O)c4ccccc34)ccc2F)CC1. The van der Waals surface area contributed by atoms with E-state index in [1.165, 1.54) is 13.0 Å². The van der Waals surface area contributed by atoms with Gasteiger partial charge in [-0.25, -0.2) is 0 Å². The molecule has 2 N–H and O–H groups in total. The fraction of sp³-hybridized carbons (Fsp3) is 0.231. The average Bonchev–Trinajstić information content (AvgIpc) is 2.87. The van der Waals surface area contributed by atoms with Crippen LogP contribution in [-0.4, -0.2) is 51.3 Å². The first-order valence-corrected chi connectivity index (χ1v) is 13.9. The van der Waals surface area contributed by atoms with E-state index in [1.54, 1.807) is 42.6 Å². The van der Waals surface area contributed by atoms with Crippen LogP contribution in [0, 0.1) is 5.82 Å². The Balaban J connectivity index is 1.41. The average molecular weight is 492 g/mol. The van der Waals surface area contributed by atoms with E-state index in [9.17, 15) is 18.9 Å². The zero-order valence-corrected chi connectivity index (χ0v) is 20.3. The number of carbonyl (C=O) groups is 1. The Kier molecular flexibility index (Phi) is 6.17. The summed E-state index contributed by atoms with van der Waals surface area (Å²) in [7, 11) is -3.10. The number of pyridine rings is 1. The third kappa shape index (κ3) is 4.47. The number of Topliss-reactive ketones (excluding diaryl/α,β-unsaturated/α-hetero) is 1. The van der Waals surface area contributed by atoms with Crippen molar-refractivity contribution in [3.05, 3.63) is 93.8 Å². The number of fused-ring (bicyclic) bond motifs is 1. The molecule has 1 aliphatic rings. The van der Waals surface area contributed by atoms with Crippen LogP contribution in [-0.2, 0) is 6.42 Å². The van der Waals surface area contributed by atoms with Crippen molar-refractivity contribution in [2.75, 3.05) is 30.3 Å². The fourth-order valence-electron chi connectivity index (χ4n) is 4.82. The maximum atomic E-state index is 15.0. The number of carbonyl (C=O) groups excluding carboxylic acids is 1. The number of anilines is 1. The molecule has 35 heavy (non-hydrogen) atoms. The third-order valence-corrected chi connectivity index (χ3v) is 10.2. The number of aromatic amines is 1. The quantitative estimate of drug-likeness (QED) is 0.328. The summed E-state index contributed by atoms with van der Waals surface area (Å²) >= 11 is 0. The zero-order valence-electron chi connectivity index (χ0n) is 19.3. The Morgan fingerprint density at radius 1 is 1.11 bits per heavy atom. The first kappa shape index (κ1) is 23.3. The zero-order chi connectivity index (χ0) is 24.6. The van der Waals surface area contributed by atoms with Crippen LogP contribution in [0.3, 0.4) is 0 Å². The molecule has 0 amide bonds. The van der Waals surface area contributed by atoms with Gasteiger partial charge in [0.1, 0.15) is 0 Å². The molecule has 0 unspecified atom stereocenters. The molecule has 2 aromatic carbocycles. The van der Waals surface area contributed by atoms with Crippen LogP contribution < -0.4 is 15.8 Å². The van der Waals surface area contributed by atoms with Gasteiger partial charge in [0, 0.05) is 0 Å². The molecule has 9 heteroatoms. The number of hydrogen-bond donors (Lipinski definition) is 2. The second kappa shape index (κ2) is 9.29. The fourth-order valence-corrected chi connectivity index (χ4v) is 7.87. The standard InChI is InChI=1S/C26H26FN4O3P/c1-17(32)19-7-4-10-28-25(19)31-11-13-35(34,14-12-31)24-16-18(8-9-22(24)27)15-23-20-5-2-3-6-21(20)26(33)30-29-23/h2-10,16,34-35H,11-15H2,1H3,(H,30,33). The predicted molar refractivity (Wildman–Crippen MR) is 138 cm³/mol. The molecule has 1 aliphatic heterocycles. The summed E-state index contributed by atoms with van der Waals surface area (Å²) in [6, 6.07) is 15.6. The van der Waals surface area contributed by atoms with E-state index in [4.69, 9.17) is 0 Å². The third-order valence-electron chi connectivity index (χ3n) is 6.73. The summed E-state index contributed by atoms with van der Waals surface area (Å²) in [5.74, 6) is 0.146. The van der Waals surface area contributed by atoms with Gasteiger partial charge >= 0.3 is 202 Å². The number of nitrogens with one attached hydrogen (secondary N) is 1. The van der Waals surface area contributed by atoms with Crippen LogP contribution in [0.2, 0.25) is 0 Å². The van der Waals surface area contributed by atoms with Crippen LogP contribution in [0.25, 0.3) is 10.8 Å². The Morgan fingerprint density at radius 3 is 2.60 bits per heavy atom. The van der Waals surface area contributed by atoms with Crippen molar-refractivity contribution in [1.82, 2.24) is 15.2 Å². The van der Waals surface area contributed by atoms with Crippen molar-refractivity contribution in [3.63, 3.8) is 0 Å². The van der Waals surface area contributed by atoms with E-state index >= 15 is 0 Å². The molecule has 4 aromatic rings. The predicted octanol–water partition coefficient (Wildman–Crippen LogP) is 3.05. The molecule has 5 rings (SSSR count). The van der Waals surface area contributed by atoms with Gasteiger partial charge in [-0.05, 0) is 0 Å². The van der Waals surface area contributed by atoms with E-state index in [2.05, 4.69) is 15.2 Å². The summed E-state index contributed by atoms with van der Waals surface area (Å²) < 4.78 is 15.0. The monoisotopic (exact) mass is 492 g/mol. The van der Waals surface area contributed by atoms with E-state index in [0.29, 0.717) is 59.6 Å². The van der Waals surface area contributed by atoms with Crippen molar-refractivity contribution in [1.29, 1.82) is 0 Å². The molecule has 0 saturated carbocycles. The molecule has 3 heterocycles. The molecule has 0 atom stereocenters. The second-order valence-electron chi connectivity index (χ2n) is 8.99. The number of aromatic nitrogens is 3. The molecule has 1 fully saturated rings. The molecule has 2 aromatic heterocycles. The van der Waals surface area contributed by atoms with Gasteiger partial charge in [0.05, 0.1) is 0 Å². The van der Waals surface area contributed by atoms with Crippen LogP contribution in [0.1, 0.15) is 28.5 Å². The second-order valence-corrected chi connectivity index (χ2v) is 12.6. The topological polar surface area (TPSA) is 99.2 Å². The molecule has 0 aliphatic carbocycles. The molecule has 0 spiro atoms. The van der Waals surface area contributed by atoms with Crippen molar-refractivity contribution < 1.29 is 14.1 Å². The Hall–Kier alpha value is -3.48. The van der Waals surface area contributed by atoms with Crippen molar-refractivity contribution in [3.8, 4) is 0 Å². The van der Waals surface area contributed by atoms with Crippen molar-refractivity contribution in [2.24, 2.45) is 0 Å². The minimum atomic E-state index is -3.10. The van der Waals surface area contributed by atoms with Gasteiger partial charge in [-0.3, -0.25) is 0 Å². The van der Waals surface area contributed by atoms with Crippen LogP contribution in [0.4, 0.5) is 10.2 Å². The van der Waals surface area contributed by atoms with Crippen molar-refractivity contribution >= 4 is 35.2 Å². The van der Waals surface area contributed by atoms with Crippen molar-refractivity contribution in [2.45, 2.75) is 13.3 Å². The van der Waals surface area contributed by atoms with E-state index in [1.807, 2.05) is 17.0 Å². The molecule has 0 radical (unpaired) electrons. The van der Waals surface area contributed by atoms with Gasteiger partial charge < -0.3 is 0 Å². The Morgan fingerprint density at radius 2 is 1.86 bits per heavy atom. The summed E-state index contributed by atoms with van der Waals surface area (Å²) in [4.78, 5) is 42.1. The first-order chi connectivity index (χ1) is 16.9. The molecular formula is C26H26FN4O3P. The summed E-state index contributed by atoms with van der Waals surface area (Å²) in [6.07, 6.45) is 2.91. The van der Waals surface area contributed by atoms with Crippen LogP contribution in [0.15, 0.2) is 65.6 Å². The number of ketones is 1. The summed E-state index contributed by atoms with van der Waals surface area (Å²) in [6.45, 7) is 2.50. The van der Waals surface area contributed by atoms with Crippen LogP contribution >= 0.6 is 7.49 Å². The molecule has 7 nitrogen and oxygen atoms in total. The minimum absolute atomic E-state index is 0.0617. The Labute approximate surface area is 202 Å². The van der Waals surface area contributed by atoms with Gasteiger partial charge in [-0.2, -0.15) is 0 Å². The number of benzene rings is 2. The number of rotatable bonds is 5. The van der Waals surface area contributed by atoms with Gasteiger partial charge in [0.2, 0.25) is 0 Å². The van der Waals surface area contributed by atoms with E-state index < -0.39 is 13.3 Å². The van der Waals surface area contributed by atoms with Crippen LogP contribution in [0.5, 0.6) is 0 Å². The first-order valence-electron chi connectivity index (χ1n) is 11.5. The normalized spacial score (nSPS) is 16.3. The molecular weight excluding hydrogens is 466 g/mol. The van der Waals surface area contributed by atoms with Gasteiger partial charge in [0.25, 0.3) is 0 Å². The number of halogens is 1. The molecule has 0 bridgehead atoms. The molecule has 1 saturated heterocycles. The number of hydrogen-bond acceptors (Lipinski definition) is 6. The number of nitrogens with zero attached hydrogens (tertiary/aromatic N) is 3. The van der Waals surface area contributed by atoms with Gasteiger partial charge in [0.15, 0.2) is 0 Å². The van der Waals surface area contributed by atoms with E-state index in [-0.39, 0.29) is 11.3 Å². The summed E-state index contributed by atoms with van der Waals surface area (Å²) in [5, 5.41) is 8.46. The number of H-pyrrole nitrogens is 1. The Bertz CT molecular complexity index is 1480. The van der Waals surface area contributed by atoms with Gasteiger partial charge in [-0.1, -0.05) is 0 Å².